The fraction of sp³-hybridized carbons (Fsp3) is 0.583. The van der Waals surface area contributed by atoms with Gasteiger partial charge in [-0.05, 0) is 56.0 Å². The molecule has 0 fully saturated rings. The van der Waals surface area contributed by atoms with E-state index < -0.39 is 0 Å². The largest absolute Gasteiger partial charge is 0.352 e. The maximum absolute atomic E-state index is 12.3. The summed E-state index contributed by atoms with van der Waals surface area (Å²) in [5.41, 5.74) is 5.89. The third kappa shape index (κ3) is 7.00. The van der Waals surface area contributed by atoms with Crippen LogP contribution in [0, 0.1) is 19.8 Å². The third-order valence-corrected chi connectivity index (χ3v) is 5.48. The molecule has 1 aromatic heterocycles. The standard InChI is InChI=1S/C24H38N4O/c1-7-27(8-2)17-22-11-9-21(10-12-22)15-25-24(29)14-13-23-19(5)26-28(20(23)6)16-18(3)4/h9-12,18H,7-8,13-17H2,1-6H3,(H,25,29). The first-order valence-electron chi connectivity index (χ1n) is 10.9. The summed E-state index contributed by atoms with van der Waals surface area (Å²) in [6.45, 7) is 17.5. The van der Waals surface area contributed by atoms with Gasteiger partial charge in [-0.3, -0.25) is 14.4 Å². The number of rotatable bonds is 11. The first-order valence-corrected chi connectivity index (χ1v) is 10.9. The number of amides is 1. The zero-order valence-corrected chi connectivity index (χ0v) is 19.1. The van der Waals surface area contributed by atoms with Crippen molar-refractivity contribution in [2.45, 2.75) is 74.0 Å². The fourth-order valence-corrected chi connectivity index (χ4v) is 3.61. The van der Waals surface area contributed by atoms with E-state index in [9.17, 15) is 4.79 Å². The number of nitrogens with one attached hydrogen (secondary N) is 1. The molecule has 1 N–H and O–H groups in total. The molecule has 0 aliphatic carbocycles. The van der Waals surface area contributed by atoms with Gasteiger partial charge in [-0.15, -0.1) is 0 Å². The SMILES string of the molecule is CCN(CC)Cc1ccc(CNC(=O)CCc2c(C)nn(CC(C)C)c2C)cc1. The van der Waals surface area contributed by atoms with E-state index in [4.69, 9.17) is 0 Å². The van der Waals surface area contributed by atoms with E-state index in [-0.39, 0.29) is 5.91 Å². The molecule has 2 aromatic rings. The van der Waals surface area contributed by atoms with Crippen LogP contribution in [0.25, 0.3) is 0 Å². The summed E-state index contributed by atoms with van der Waals surface area (Å²) < 4.78 is 2.08. The van der Waals surface area contributed by atoms with Crippen LogP contribution in [-0.4, -0.2) is 33.7 Å². The van der Waals surface area contributed by atoms with Crippen LogP contribution in [0.4, 0.5) is 0 Å². The summed E-state index contributed by atoms with van der Waals surface area (Å²) >= 11 is 0. The highest BCUT2D eigenvalue weighted by Crippen LogP contribution is 2.16. The van der Waals surface area contributed by atoms with Crippen LogP contribution in [0.15, 0.2) is 24.3 Å². The molecule has 2 rings (SSSR count). The molecular formula is C24H38N4O. The molecule has 0 bridgehead atoms. The van der Waals surface area contributed by atoms with Gasteiger partial charge in [-0.25, -0.2) is 0 Å². The van der Waals surface area contributed by atoms with E-state index in [2.05, 4.69) is 78.9 Å². The van der Waals surface area contributed by atoms with Crippen molar-refractivity contribution in [1.82, 2.24) is 20.0 Å². The van der Waals surface area contributed by atoms with Crippen LogP contribution in [0.2, 0.25) is 0 Å². The van der Waals surface area contributed by atoms with Crippen molar-refractivity contribution < 1.29 is 4.79 Å². The molecule has 0 aliphatic heterocycles. The van der Waals surface area contributed by atoms with Crippen LogP contribution in [-0.2, 0) is 30.8 Å². The van der Waals surface area contributed by atoms with Crippen molar-refractivity contribution in [1.29, 1.82) is 0 Å². The van der Waals surface area contributed by atoms with Crippen LogP contribution in [0.1, 0.15) is 62.2 Å². The highest BCUT2D eigenvalue weighted by Gasteiger charge is 2.13. The summed E-state index contributed by atoms with van der Waals surface area (Å²) in [6.07, 6.45) is 1.24. The van der Waals surface area contributed by atoms with Gasteiger partial charge < -0.3 is 5.32 Å². The molecule has 160 valence electrons. The van der Waals surface area contributed by atoms with E-state index in [0.717, 1.165) is 43.9 Å². The lowest BCUT2D eigenvalue weighted by Crippen LogP contribution is -2.23. The molecule has 0 unspecified atom stereocenters. The molecule has 1 amide bonds. The Bertz CT molecular complexity index is 773. The number of hydrogen-bond acceptors (Lipinski definition) is 3. The minimum absolute atomic E-state index is 0.0904. The predicted octanol–water partition coefficient (Wildman–Crippen LogP) is 4.25. The van der Waals surface area contributed by atoms with Gasteiger partial charge in [0, 0.05) is 31.7 Å². The summed E-state index contributed by atoms with van der Waals surface area (Å²) in [5.74, 6) is 0.648. The first-order chi connectivity index (χ1) is 13.8. The highest BCUT2D eigenvalue weighted by atomic mass is 16.1. The molecule has 5 heteroatoms. The number of carbonyl (C=O) groups excluding carboxylic acids is 1. The van der Waals surface area contributed by atoms with Crippen LogP contribution >= 0.6 is 0 Å². The number of aromatic nitrogens is 2. The zero-order valence-electron chi connectivity index (χ0n) is 19.1. The van der Waals surface area contributed by atoms with Crippen molar-refractivity contribution in [3.63, 3.8) is 0 Å². The lowest BCUT2D eigenvalue weighted by atomic mass is 10.1. The Morgan fingerprint density at radius 1 is 1.10 bits per heavy atom. The van der Waals surface area contributed by atoms with Crippen molar-refractivity contribution in [3.05, 3.63) is 52.3 Å². The average molecular weight is 399 g/mol. The van der Waals surface area contributed by atoms with Crippen molar-refractivity contribution in [2.24, 2.45) is 5.92 Å². The van der Waals surface area contributed by atoms with Gasteiger partial charge in [-0.2, -0.15) is 5.10 Å². The second-order valence-corrected chi connectivity index (χ2v) is 8.28. The second kappa shape index (κ2) is 11.1. The molecule has 0 atom stereocenters. The highest BCUT2D eigenvalue weighted by molar-refractivity contribution is 5.76. The molecule has 1 aromatic carbocycles. The molecular weight excluding hydrogens is 360 g/mol. The Morgan fingerprint density at radius 2 is 1.72 bits per heavy atom. The monoisotopic (exact) mass is 398 g/mol. The molecule has 0 aliphatic rings. The number of aryl methyl sites for hydroxylation is 1. The zero-order chi connectivity index (χ0) is 21.4. The fourth-order valence-electron chi connectivity index (χ4n) is 3.61. The van der Waals surface area contributed by atoms with Gasteiger partial charge >= 0.3 is 0 Å². The Morgan fingerprint density at radius 3 is 2.31 bits per heavy atom. The number of carbonyl (C=O) groups is 1. The molecule has 5 nitrogen and oxygen atoms in total. The summed E-state index contributed by atoms with van der Waals surface area (Å²) in [4.78, 5) is 14.7. The number of hydrogen-bond donors (Lipinski definition) is 1. The van der Waals surface area contributed by atoms with Crippen LogP contribution in [0.3, 0.4) is 0 Å². The molecule has 0 saturated carbocycles. The minimum atomic E-state index is 0.0904. The summed E-state index contributed by atoms with van der Waals surface area (Å²) in [5, 5.41) is 7.70. The van der Waals surface area contributed by atoms with Gasteiger partial charge in [0.05, 0.1) is 5.69 Å². The van der Waals surface area contributed by atoms with E-state index in [1.807, 2.05) is 6.92 Å². The summed E-state index contributed by atoms with van der Waals surface area (Å²) in [7, 11) is 0. The van der Waals surface area contributed by atoms with Gasteiger partial charge in [0.1, 0.15) is 0 Å². The Labute approximate surface area is 176 Å². The predicted molar refractivity (Wildman–Crippen MR) is 120 cm³/mol. The smallest absolute Gasteiger partial charge is 0.220 e. The van der Waals surface area contributed by atoms with Crippen molar-refractivity contribution in [3.8, 4) is 0 Å². The Balaban J connectivity index is 1.82. The summed E-state index contributed by atoms with van der Waals surface area (Å²) in [6, 6.07) is 8.55. The van der Waals surface area contributed by atoms with Gasteiger partial charge in [0.15, 0.2) is 0 Å². The molecule has 29 heavy (non-hydrogen) atoms. The molecule has 1 heterocycles. The minimum Gasteiger partial charge on any atom is -0.352 e. The molecule has 0 saturated heterocycles. The number of nitrogens with zero attached hydrogens (tertiary/aromatic N) is 3. The van der Waals surface area contributed by atoms with Gasteiger partial charge in [0.25, 0.3) is 0 Å². The Kier molecular flexibility index (Phi) is 8.90. The normalized spacial score (nSPS) is 11.4. The second-order valence-electron chi connectivity index (χ2n) is 8.28. The van der Waals surface area contributed by atoms with E-state index in [1.165, 1.54) is 16.8 Å². The Hall–Kier alpha value is -2.14. The van der Waals surface area contributed by atoms with Crippen molar-refractivity contribution >= 4 is 5.91 Å². The van der Waals surface area contributed by atoms with E-state index in [1.54, 1.807) is 0 Å². The van der Waals surface area contributed by atoms with E-state index >= 15 is 0 Å². The van der Waals surface area contributed by atoms with Crippen LogP contribution in [0.5, 0.6) is 0 Å². The van der Waals surface area contributed by atoms with Crippen LogP contribution < -0.4 is 5.32 Å². The quantitative estimate of drug-likeness (QED) is 0.616. The van der Waals surface area contributed by atoms with Gasteiger partial charge in [0.2, 0.25) is 5.91 Å². The maximum atomic E-state index is 12.3. The first kappa shape index (κ1) is 23.1. The number of benzene rings is 1. The topological polar surface area (TPSA) is 50.2 Å². The molecule has 0 radical (unpaired) electrons. The third-order valence-electron chi connectivity index (χ3n) is 5.48. The lowest BCUT2D eigenvalue weighted by Gasteiger charge is -2.18. The van der Waals surface area contributed by atoms with Crippen molar-refractivity contribution in [2.75, 3.05) is 13.1 Å². The maximum Gasteiger partial charge on any atom is 0.220 e. The molecule has 0 spiro atoms. The average Bonchev–Trinajstić information content (AvgIpc) is 2.95. The van der Waals surface area contributed by atoms with E-state index in [0.29, 0.717) is 18.9 Å². The van der Waals surface area contributed by atoms with Gasteiger partial charge in [-0.1, -0.05) is 52.0 Å². The lowest BCUT2D eigenvalue weighted by molar-refractivity contribution is -0.121.